The molecule has 0 aliphatic carbocycles. The van der Waals surface area contributed by atoms with Crippen LogP contribution in [0.2, 0.25) is 0 Å². The number of rotatable bonds is 0. The Kier molecular flexibility index (Phi) is 3.60. The Morgan fingerprint density at radius 3 is 1.71 bits per heavy atom. The average molecular weight is 236 g/mol. The molecule has 4 atom stereocenters. The van der Waals surface area contributed by atoms with Gasteiger partial charge in [0.05, 0.1) is 37.6 Å². The summed E-state index contributed by atoms with van der Waals surface area (Å²) in [5.41, 5.74) is 0. The molecule has 3 nitrogen and oxygen atoms in total. The molecule has 3 heteroatoms. The quantitative estimate of drug-likeness (QED) is 0.604. The van der Waals surface area contributed by atoms with Crippen molar-refractivity contribution in [2.45, 2.75) is 50.1 Å². The number of ether oxygens (including phenoxy) is 3. The summed E-state index contributed by atoms with van der Waals surface area (Å²) in [4.78, 5) is 0. The molecule has 0 aromatic heterocycles. The average Bonchev–Trinajstić information content (AvgIpc) is 2.72. The van der Waals surface area contributed by atoms with Gasteiger partial charge in [-0.3, -0.25) is 0 Å². The molecule has 0 radical (unpaired) electrons. The van der Waals surface area contributed by atoms with E-state index in [0.717, 1.165) is 38.9 Å². The molecule has 1 saturated heterocycles. The fourth-order valence-electron chi connectivity index (χ4n) is 2.85. The van der Waals surface area contributed by atoms with Crippen LogP contribution in [0.25, 0.3) is 0 Å². The summed E-state index contributed by atoms with van der Waals surface area (Å²) < 4.78 is 17.9. The highest BCUT2D eigenvalue weighted by atomic mass is 16.6. The zero-order chi connectivity index (χ0) is 11.5. The van der Waals surface area contributed by atoms with Crippen molar-refractivity contribution in [1.82, 2.24) is 0 Å². The summed E-state index contributed by atoms with van der Waals surface area (Å²) in [5, 5.41) is 0. The van der Waals surface area contributed by atoms with Gasteiger partial charge in [-0.05, 0) is 25.7 Å². The monoisotopic (exact) mass is 236 g/mol. The Morgan fingerprint density at radius 2 is 1.18 bits per heavy atom. The molecule has 0 saturated carbocycles. The second-order valence-corrected chi connectivity index (χ2v) is 4.95. The van der Waals surface area contributed by atoms with E-state index in [1.54, 1.807) is 0 Å². The first-order valence-electron chi connectivity index (χ1n) is 6.62. The van der Waals surface area contributed by atoms with Crippen LogP contribution in [0.5, 0.6) is 0 Å². The summed E-state index contributed by atoms with van der Waals surface area (Å²) in [6.07, 6.45) is 13.5. The second kappa shape index (κ2) is 5.34. The lowest BCUT2D eigenvalue weighted by Crippen LogP contribution is -2.34. The predicted octanol–water partition coefficient (Wildman–Crippen LogP) is 2.22. The zero-order valence-electron chi connectivity index (χ0n) is 10.1. The van der Waals surface area contributed by atoms with Crippen LogP contribution < -0.4 is 0 Å². The van der Waals surface area contributed by atoms with Crippen molar-refractivity contribution in [3.05, 3.63) is 24.3 Å². The SMILES string of the molecule is C1=CC[C@H]2O[C@H]3CC=CCO[C@@H]3CC[C@@H]2OC1. The first-order valence-corrected chi connectivity index (χ1v) is 6.62. The van der Waals surface area contributed by atoms with Gasteiger partial charge < -0.3 is 14.2 Å². The van der Waals surface area contributed by atoms with E-state index in [4.69, 9.17) is 14.2 Å². The molecule has 0 bridgehead atoms. The van der Waals surface area contributed by atoms with Gasteiger partial charge in [-0.2, -0.15) is 0 Å². The minimum absolute atomic E-state index is 0.207. The van der Waals surface area contributed by atoms with Crippen molar-refractivity contribution < 1.29 is 14.2 Å². The first-order chi connectivity index (χ1) is 8.43. The highest BCUT2D eigenvalue weighted by Gasteiger charge is 2.35. The fourth-order valence-corrected chi connectivity index (χ4v) is 2.85. The standard InChI is InChI=1S/C14H20O3/c1-3-9-15-11-7-8-12-14(17-13(11)5-1)6-2-4-10-16-12/h1-4,11-14H,5-10H2/t11-,12+,13+,14-. The lowest BCUT2D eigenvalue weighted by Gasteiger charge is -2.26. The predicted molar refractivity (Wildman–Crippen MR) is 64.9 cm³/mol. The molecular formula is C14H20O3. The van der Waals surface area contributed by atoms with Gasteiger partial charge in [0.1, 0.15) is 0 Å². The Hall–Kier alpha value is -0.640. The van der Waals surface area contributed by atoms with Crippen LogP contribution in [0.1, 0.15) is 25.7 Å². The van der Waals surface area contributed by atoms with Gasteiger partial charge in [-0.15, -0.1) is 0 Å². The van der Waals surface area contributed by atoms with Crippen LogP contribution in [0, 0.1) is 0 Å². The van der Waals surface area contributed by atoms with E-state index in [1.165, 1.54) is 0 Å². The van der Waals surface area contributed by atoms with Crippen LogP contribution in [0.4, 0.5) is 0 Å². The van der Waals surface area contributed by atoms with Gasteiger partial charge in [0, 0.05) is 0 Å². The van der Waals surface area contributed by atoms with Gasteiger partial charge in [0.15, 0.2) is 0 Å². The van der Waals surface area contributed by atoms with Crippen molar-refractivity contribution >= 4 is 0 Å². The summed E-state index contributed by atoms with van der Waals surface area (Å²) in [7, 11) is 0. The van der Waals surface area contributed by atoms with Crippen molar-refractivity contribution in [3.63, 3.8) is 0 Å². The third-order valence-electron chi connectivity index (χ3n) is 3.80. The lowest BCUT2D eigenvalue weighted by atomic mass is 10.0. The first kappa shape index (κ1) is 11.5. The van der Waals surface area contributed by atoms with Crippen molar-refractivity contribution in [3.8, 4) is 0 Å². The van der Waals surface area contributed by atoms with Crippen LogP contribution in [0.3, 0.4) is 0 Å². The van der Waals surface area contributed by atoms with E-state index in [2.05, 4.69) is 24.3 Å². The Morgan fingerprint density at radius 1 is 0.647 bits per heavy atom. The van der Waals surface area contributed by atoms with Gasteiger partial charge in [-0.25, -0.2) is 0 Å². The molecule has 3 aliphatic heterocycles. The van der Waals surface area contributed by atoms with E-state index in [-0.39, 0.29) is 24.4 Å². The smallest absolute Gasteiger partial charge is 0.0876 e. The maximum absolute atomic E-state index is 6.23. The molecule has 0 spiro atoms. The fraction of sp³-hybridized carbons (Fsp3) is 0.714. The molecule has 0 N–H and O–H groups in total. The highest BCUT2D eigenvalue weighted by molar-refractivity contribution is 4.97. The third-order valence-corrected chi connectivity index (χ3v) is 3.80. The molecule has 0 aromatic rings. The maximum atomic E-state index is 6.23. The molecule has 17 heavy (non-hydrogen) atoms. The summed E-state index contributed by atoms with van der Waals surface area (Å²) in [6, 6.07) is 0. The number of hydrogen-bond donors (Lipinski definition) is 0. The number of hydrogen-bond acceptors (Lipinski definition) is 3. The van der Waals surface area contributed by atoms with Crippen LogP contribution in [0.15, 0.2) is 24.3 Å². The molecule has 0 amide bonds. The largest absolute Gasteiger partial charge is 0.371 e. The highest BCUT2D eigenvalue weighted by Crippen LogP contribution is 2.29. The summed E-state index contributed by atoms with van der Waals surface area (Å²) >= 11 is 0. The van der Waals surface area contributed by atoms with Crippen molar-refractivity contribution in [2.75, 3.05) is 13.2 Å². The number of fused-ring (bicyclic) bond motifs is 2. The summed E-state index contributed by atoms with van der Waals surface area (Å²) in [6.45, 7) is 1.45. The summed E-state index contributed by atoms with van der Waals surface area (Å²) in [5.74, 6) is 0. The Balaban J connectivity index is 1.73. The van der Waals surface area contributed by atoms with Gasteiger partial charge in [-0.1, -0.05) is 24.3 Å². The minimum Gasteiger partial charge on any atom is -0.371 e. The molecule has 0 aromatic carbocycles. The topological polar surface area (TPSA) is 27.7 Å². The molecular weight excluding hydrogens is 216 g/mol. The Labute approximate surface area is 102 Å². The van der Waals surface area contributed by atoms with Crippen molar-refractivity contribution in [2.24, 2.45) is 0 Å². The van der Waals surface area contributed by atoms with Crippen LogP contribution in [-0.4, -0.2) is 37.6 Å². The normalized spacial score (nSPS) is 41.9. The minimum atomic E-state index is 0.207. The maximum Gasteiger partial charge on any atom is 0.0876 e. The van der Waals surface area contributed by atoms with Gasteiger partial charge >= 0.3 is 0 Å². The van der Waals surface area contributed by atoms with E-state index in [0.29, 0.717) is 0 Å². The van der Waals surface area contributed by atoms with E-state index in [9.17, 15) is 0 Å². The van der Waals surface area contributed by atoms with Gasteiger partial charge in [0.25, 0.3) is 0 Å². The Bertz CT molecular complexity index is 281. The van der Waals surface area contributed by atoms with E-state index < -0.39 is 0 Å². The van der Waals surface area contributed by atoms with Crippen LogP contribution >= 0.6 is 0 Å². The lowest BCUT2D eigenvalue weighted by molar-refractivity contribution is -0.109. The molecule has 0 unspecified atom stereocenters. The molecule has 3 aliphatic rings. The zero-order valence-corrected chi connectivity index (χ0v) is 10.1. The molecule has 94 valence electrons. The second-order valence-electron chi connectivity index (χ2n) is 4.95. The van der Waals surface area contributed by atoms with E-state index in [1.807, 2.05) is 0 Å². The molecule has 3 rings (SSSR count). The van der Waals surface area contributed by atoms with Gasteiger partial charge in [0.2, 0.25) is 0 Å². The van der Waals surface area contributed by atoms with Crippen LogP contribution in [-0.2, 0) is 14.2 Å². The molecule has 3 heterocycles. The van der Waals surface area contributed by atoms with E-state index >= 15 is 0 Å². The molecule has 1 fully saturated rings. The van der Waals surface area contributed by atoms with Crippen molar-refractivity contribution in [1.29, 1.82) is 0 Å². The third kappa shape index (κ3) is 2.62.